The van der Waals surface area contributed by atoms with Crippen molar-refractivity contribution in [1.82, 2.24) is 0 Å². The highest BCUT2D eigenvalue weighted by Gasteiger charge is 2.14. The Labute approximate surface area is 70.1 Å². The van der Waals surface area contributed by atoms with Crippen molar-refractivity contribution in [3.63, 3.8) is 0 Å². The standard InChI is InChI=1S/C8H8BFO2/c1-2-6-5-7(10)3-4-8(6)9(11)12/h2-5,11-12H,1H2. The summed E-state index contributed by atoms with van der Waals surface area (Å²) in [5, 5.41) is 17.6. The van der Waals surface area contributed by atoms with Crippen molar-refractivity contribution in [3.05, 3.63) is 36.2 Å². The Bertz CT molecular complexity index is 299. The molecule has 0 aliphatic rings. The fraction of sp³-hybridized carbons (Fsp3) is 0. The van der Waals surface area contributed by atoms with Crippen molar-refractivity contribution in [3.8, 4) is 0 Å². The first-order valence-electron chi connectivity index (χ1n) is 3.43. The Morgan fingerprint density at radius 1 is 1.42 bits per heavy atom. The van der Waals surface area contributed by atoms with E-state index in [9.17, 15) is 4.39 Å². The molecule has 62 valence electrons. The van der Waals surface area contributed by atoms with Crippen molar-refractivity contribution < 1.29 is 14.4 Å². The lowest BCUT2D eigenvalue weighted by Crippen LogP contribution is -2.32. The number of rotatable bonds is 2. The van der Waals surface area contributed by atoms with Gasteiger partial charge in [0.05, 0.1) is 0 Å². The van der Waals surface area contributed by atoms with Gasteiger partial charge in [-0.05, 0) is 23.2 Å². The zero-order chi connectivity index (χ0) is 9.14. The van der Waals surface area contributed by atoms with Gasteiger partial charge in [0.2, 0.25) is 0 Å². The van der Waals surface area contributed by atoms with Gasteiger partial charge < -0.3 is 10.0 Å². The van der Waals surface area contributed by atoms with Gasteiger partial charge in [0, 0.05) is 0 Å². The van der Waals surface area contributed by atoms with Crippen LogP contribution in [0.15, 0.2) is 24.8 Å². The predicted octanol–water partition coefficient (Wildman–Crippen LogP) is 0.148. The molecule has 0 saturated carbocycles. The van der Waals surface area contributed by atoms with E-state index in [0.29, 0.717) is 5.56 Å². The third-order valence-corrected chi connectivity index (χ3v) is 1.55. The average Bonchev–Trinajstić information content (AvgIpc) is 2.03. The summed E-state index contributed by atoms with van der Waals surface area (Å²) in [7, 11) is -1.58. The molecule has 0 aromatic heterocycles. The van der Waals surface area contributed by atoms with Gasteiger partial charge in [-0.2, -0.15) is 0 Å². The Kier molecular flexibility index (Phi) is 2.63. The van der Waals surface area contributed by atoms with Crippen LogP contribution in [0, 0.1) is 5.82 Å². The van der Waals surface area contributed by atoms with Crippen molar-refractivity contribution >= 4 is 18.7 Å². The highest BCUT2D eigenvalue weighted by atomic mass is 19.1. The summed E-state index contributed by atoms with van der Waals surface area (Å²) in [6.07, 6.45) is 1.37. The Morgan fingerprint density at radius 3 is 2.58 bits per heavy atom. The van der Waals surface area contributed by atoms with Crippen LogP contribution in [0.25, 0.3) is 6.08 Å². The van der Waals surface area contributed by atoms with Gasteiger partial charge in [-0.1, -0.05) is 18.7 Å². The minimum absolute atomic E-state index is 0.256. The summed E-state index contributed by atoms with van der Waals surface area (Å²) in [4.78, 5) is 0. The largest absolute Gasteiger partial charge is 0.489 e. The molecule has 2 N–H and O–H groups in total. The van der Waals surface area contributed by atoms with Gasteiger partial charge in [0.25, 0.3) is 0 Å². The van der Waals surface area contributed by atoms with Crippen molar-refractivity contribution in [1.29, 1.82) is 0 Å². The SMILES string of the molecule is C=Cc1cc(F)ccc1B(O)O. The molecule has 12 heavy (non-hydrogen) atoms. The lowest BCUT2D eigenvalue weighted by atomic mass is 9.77. The molecule has 0 heterocycles. The fourth-order valence-corrected chi connectivity index (χ4v) is 0.958. The zero-order valence-corrected chi connectivity index (χ0v) is 6.37. The van der Waals surface area contributed by atoms with Gasteiger partial charge in [-0.15, -0.1) is 0 Å². The van der Waals surface area contributed by atoms with Crippen LogP contribution in [0.5, 0.6) is 0 Å². The third-order valence-electron chi connectivity index (χ3n) is 1.55. The smallest absolute Gasteiger partial charge is 0.423 e. The summed E-state index contributed by atoms with van der Waals surface area (Å²) in [6, 6.07) is 3.68. The molecule has 0 atom stereocenters. The first kappa shape index (κ1) is 8.97. The van der Waals surface area contributed by atoms with E-state index in [0.717, 1.165) is 0 Å². The van der Waals surface area contributed by atoms with E-state index in [2.05, 4.69) is 6.58 Å². The molecule has 0 spiro atoms. The summed E-state index contributed by atoms with van der Waals surface area (Å²) in [5.74, 6) is -0.422. The van der Waals surface area contributed by atoms with Crippen LogP contribution < -0.4 is 5.46 Å². The van der Waals surface area contributed by atoms with Crippen molar-refractivity contribution in [2.24, 2.45) is 0 Å². The monoisotopic (exact) mass is 166 g/mol. The molecule has 1 rings (SSSR count). The molecule has 0 amide bonds. The fourth-order valence-electron chi connectivity index (χ4n) is 0.958. The zero-order valence-electron chi connectivity index (χ0n) is 6.37. The van der Waals surface area contributed by atoms with Crippen LogP contribution in [-0.2, 0) is 0 Å². The van der Waals surface area contributed by atoms with E-state index in [4.69, 9.17) is 10.0 Å². The molecule has 1 aromatic rings. The molecule has 0 saturated heterocycles. The summed E-state index contributed by atoms with van der Waals surface area (Å²) in [5.41, 5.74) is 0.649. The summed E-state index contributed by atoms with van der Waals surface area (Å²) >= 11 is 0. The first-order valence-corrected chi connectivity index (χ1v) is 3.43. The van der Waals surface area contributed by atoms with Gasteiger partial charge in [-0.25, -0.2) is 4.39 Å². The van der Waals surface area contributed by atoms with Gasteiger partial charge in [0.1, 0.15) is 5.82 Å². The Morgan fingerprint density at radius 2 is 2.08 bits per heavy atom. The maximum Gasteiger partial charge on any atom is 0.489 e. The Balaban J connectivity index is 3.20. The highest BCUT2D eigenvalue weighted by molar-refractivity contribution is 6.59. The van der Waals surface area contributed by atoms with E-state index < -0.39 is 12.9 Å². The number of halogens is 1. The number of benzene rings is 1. The molecule has 0 aliphatic heterocycles. The van der Waals surface area contributed by atoms with Crippen LogP contribution >= 0.6 is 0 Å². The predicted molar refractivity (Wildman–Crippen MR) is 46.3 cm³/mol. The molecule has 0 radical (unpaired) electrons. The molecule has 1 aromatic carbocycles. The van der Waals surface area contributed by atoms with Gasteiger partial charge >= 0.3 is 7.12 Å². The molecule has 4 heteroatoms. The highest BCUT2D eigenvalue weighted by Crippen LogP contribution is 2.02. The average molecular weight is 166 g/mol. The maximum absolute atomic E-state index is 12.6. The second kappa shape index (κ2) is 3.52. The lowest BCUT2D eigenvalue weighted by molar-refractivity contribution is 0.425. The molecule has 0 bridgehead atoms. The number of hydrogen-bond acceptors (Lipinski definition) is 2. The summed E-state index contributed by atoms with van der Waals surface area (Å²) in [6.45, 7) is 3.43. The summed E-state index contributed by atoms with van der Waals surface area (Å²) < 4.78 is 12.6. The normalized spacial score (nSPS) is 9.58. The molecule has 0 aliphatic carbocycles. The van der Waals surface area contributed by atoms with Crippen LogP contribution in [-0.4, -0.2) is 17.2 Å². The number of hydrogen-bond donors (Lipinski definition) is 2. The molecule has 0 unspecified atom stereocenters. The van der Waals surface area contributed by atoms with Crippen LogP contribution in [0.3, 0.4) is 0 Å². The topological polar surface area (TPSA) is 40.5 Å². The quantitative estimate of drug-likeness (QED) is 0.613. The minimum Gasteiger partial charge on any atom is -0.423 e. The van der Waals surface area contributed by atoms with E-state index in [-0.39, 0.29) is 5.46 Å². The second-order valence-electron chi connectivity index (χ2n) is 2.35. The van der Waals surface area contributed by atoms with Crippen molar-refractivity contribution in [2.45, 2.75) is 0 Å². The van der Waals surface area contributed by atoms with E-state index in [1.165, 1.54) is 24.3 Å². The van der Waals surface area contributed by atoms with Crippen molar-refractivity contribution in [2.75, 3.05) is 0 Å². The van der Waals surface area contributed by atoms with Crippen LogP contribution in [0.1, 0.15) is 5.56 Å². The van der Waals surface area contributed by atoms with E-state index in [1.807, 2.05) is 0 Å². The van der Waals surface area contributed by atoms with Gasteiger partial charge in [-0.3, -0.25) is 0 Å². The van der Waals surface area contributed by atoms with Gasteiger partial charge in [0.15, 0.2) is 0 Å². The third kappa shape index (κ3) is 1.72. The van der Waals surface area contributed by atoms with E-state index >= 15 is 0 Å². The Hall–Kier alpha value is -1.13. The lowest BCUT2D eigenvalue weighted by Gasteiger charge is -2.03. The minimum atomic E-state index is -1.58. The molecule has 2 nitrogen and oxygen atoms in total. The maximum atomic E-state index is 12.6. The second-order valence-corrected chi connectivity index (χ2v) is 2.35. The molecular weight excluding hydrogens is 158 g/mol. The molecular formula is C8H8BFO2. The van der Waals surface area contributed by atoms with Crippen LogP contribution in [0.4, 0.5) is 4.39 Å². The van der Waals surface area contributed by atoms with Crippen LogP contribution in [0.2, 0.25) is 0 Å². The van der Waals surface area contributed by atoms with E-state index in [1.54, 1.807) is 0 Å². The molecule has 0 fully saturated rings. The first-order chi connectivity index (χ1) is 5.65.